The molecule has 1 aromatic rings. The van der Waals surface area contributed by atoms with E-state index in [1.54, 1.807) is 12.3 Å². The van der Waals surface area contributed by atoms with Crippen molar-refractivity contribution >= 4 is 5.97 Å². The molecule has 0 spiro atoms. The number of hydrogen-bond acceptors (Lipinski definition) is 5. The van der Waals surface area contributed by atoms with E-state index in [4.69, 9.17) is 9.84 Å². The minimum absolute atomic E-state index is 0.228. The van der Waals surface area contributed by atoms with Crippen LogP contribution in [0.15, 0.2) is 18.3 Å². The summed E-state index contributed by atoms with van der Waals surface area (Å²) in [6, 6.07) is 3.09. The van der Waals surface area contributed by atoms with Crippen LogP contribution in [0.1, 0.15) is 5.69 Å². The number of carboxylic acids is 1. The van der Waals surface area contributed by atoms with E-state index in [2.05, 4.69) is 15.6 Å². The predicted molar refractivity (Wildman–Crippen MR) is 60.8 cm³/mol. The Morgan fingerprint density at radius 1 is 1.53 bits per heavy atom. The summed E-state index contributed by atoms with van der Waals surface area (Å²) in [6.07, 6.45) is 1.48. The lowest BCUT2D eigenvalue weighted by Gasteiger charge is -2.29. The van der Waals surface area contributed by atoms with Crippen molar-refractivity contribution in [2.45, 2.75) is 19.2 Å². The van der Waals surface area contributed by atoms with Crippen LogP contribution in [0.25, 0.3) is 0 Å². The molecule has 6 nitrogen and oxygen atoms in total. The van der Waals surface area contributed by atoms with Gasteiger partial charge in [0.1, 0.15) is 11.8 Å². The maximum absolute atomic E-state index is 10.7. The first kappa shape index (κ1) is 11.8. The molecule has 0 bridgehead atoms. The second-order valence-corrected chi connectivity index (χ2v) is 3.90. The first-order valence-electron chi connectivity index (χ1n) is 5.44. The van der Waals surface area contributed by atoms with Gasteiger partial charge in [0.25, 0.3) is 0 Å². The number of aliphatic carboxylic acids is 1. The fourth-order valence-corrected chi connectivity index (χ4v) is 1.65. The molecular formula is C11H15N3O3. The third kappa shape index (κ3) is 2.92. The zero-order valence-electron chi connectivity index (χ0n) is 9.51. The summed E-state index contributed by atoms with van der Waals surface area (Å²) in [5, 5.41) is 14.7. The third-order valence-corrected chi connectivity index (χ3v) is 2.63. The molecule has 0 saturated carbocycles. The fourth-order valence-electron chi connectivity index (χ4n) is 1.65. The van der Waals surface area contributed by atoms with Gasteiger partial charge in [-0.1, -0.05) is 0 Å². The van der Waals surface area contributed by atoms with Gasteiger partial charge in [-0.2, -0.15) is 0 Å². The lowest BCUT2D eigenvalue weighted by Crippen LogP contribution is -2.59. The van der Waals surface area contributed by atoms with E-state index in [1.165, 1.54) is 0 Å². The van der Waals surface area contributed by atoms with Crippen LogP contribution >= 0.6 is 0 Å². The molecule has 17 heavy (non-hydrogen) atoms. The lowest BCUT2D eigenvalue weighted by atomic mass is 10.2. The zero-order valence-corrected chi connectivity index (χ0v) is 9.51. The van der Waals surface area contributed by atoms with Gasteiger partial charge >= 0.3 is 5.97 Å². The number of pyridine rings is 1. The van der Waals surface area contributed by atoms with Crippen molar-refractivity contribution in [2.75, 3.05) is 13.1 Å². The first-order valence-corrected chi connectivity index (χ1v) is 5.44. The van der Waals surface area contributed by atoms with Crippen molar-refractivity contribution in [3.8, 4) is 5.75 Å². The van der Waals surface area contributed by atoms with Gasteiger partial charge in [-0.05, 0) is 19.1 Å². The maximum atomic E-state index is 10.7. The molecular weight excluding hydrogens is 222 g/mol. The minimum atomic E-state index is -0.853. The van der Waals surface area contributed by atoms with E-state index in [9.17, 15) is 4.79 Å². The van der Waals surface area contributed by atoms with Crippen molar-refractivity contribution in [1.82, 2.24) is 15.6 Å². The molecule has 0 amide bonds. The summed E-state index contributed by atoms with van der Waals surface area (Å²) in [5.41, 5.74) is 0.814. The topological polar surface area (TPSA) is 83.5 Å². The Balaban J connectivity index is 1.90. The van der Waals surface area contributed by atoms with Crippen LogP contribution in [0.4, 0.5) is 0 Å². The number of piperazine rings is 1. The van der Waals surface area contributed by atoms with E-state index in [1.807, 2.05) is 13.0 Å². The molecule has 2 rings (SSSR count). The monoisotopic (exact) mass is 237 g/mol. The highest BCUT2D eigenvalue weighted by molar-refractivity contribution is 5.73. The maximum Gasteiger partial charge on any atom is 0.322 e. The molecule has 2 atom stereocenters. The van der Waals surface area contributed by atoms with Gasteiger partial charge in [0.15, 0.2) is 6.23 Å². The smallest absolute Gasteiger partial charge is 0.322 e. The molecule has 1 aromatic heterocycles. The van der Waals surface area contributed by atoms with E-state index in [0.717, 1.165) is 5.69 Å². The normalized spacial score (nSPS) is 24.3. The Morgan fingerprint density at radius 2 is 2.35 bits per heavy atom. The standard InChI is InChI=1S/C11H15N3O3/c1-7-9(3-2-4-12-7)17-10-6-13-8(5-14-10)11(15)16/h2-4,8,10,13-14H,5-6H2,1H3,(H,15,16). The number of ether oxygens (including phenoxy) is 1. The molecule has 2 unspecified atom stereocenters. The summed E-state index contributed by atoms with van der Waals surface area (Å²) in [7, 11) is 0. The second-order valence-electron chi connectivity index (χ2n) is 3.90. The van der Waals surface area contributed by atoms with Crippen LogP contribution in [-0.4, -0.2) is 41.4 Å². The summed E-state index contributed by atoms with van der Waals surface area (Å²) >= 11 is 0. The van der Waals surface area contributed by atoms with Crippen LogP contribution in [0.3, 0.4) is 0 Å². The van der Waals surface area contributed by atoms with Crippen LogP contribution in [0.5, 0.6) is 5.75 Å². The molecule has 0 aromatic carbocycles. The molecule has 92 valence electrons. The average molecular weight is 237 g/mol. The van der Waals surface area contributed by atoms with Gasteiger partial charge in [0, 0.05) is 19.3 Å². The Labute approximate surface area is 99.0 Å². The molecule has 0 aliphatic carbocycles. The summed E-state index contributed by atoms with van der Waals surface area (Å²) in [6.45, 7) is 2.66. The number of aromatic nitrogens is 1. The van der Waals surface area contributed by atoms with Crippen molar-refractivity contribution in [3.63, 3.8) is 0 Å². The first-order chi connectivity index (χ1) is 8.16. The molecule has 6 heteroatoms. The van der Waals surface area contributed by atoms with Crippen molar-refractivity contribution in [3.05, 3.63) is 24.0 Å². The van der Waals surface area contributed by atoms with Gasteiger partial charge in [0.2, 0.25) is 0 Å². The fraction of sp³-hybridized carbons (Fsp3) is 0.455. The van der Waals surface area contributed by atoms with Gasteiger partial charge in [-0.25, -0.2) is 0 Å². The molecule has 1 aliphatic heterocycles. The van der Waals surface area contributed by atoms with Crippen molar-refractivity contribution in [1.29, 1.82) is 0 Å². The Bertz CT molecular complexity index is 403. The van der Waals surface area contributed by atoms with Crippen LogP contribution in [-0.2, 0) is 4.79 Å². The number of carboxylic acid groups (broad SMARTS) is 1. The average Bonchev–Trinajstić information content (AvgIpc) is 2.33. The minimum Gasteiger partial charge on any atom is -0.480 e. The highest BCUT2D eigenvalue weighted by Crippen LogP contribution is 2.15. The highest BCUT2D eigenvalue weighted by Gasteiger charge is 2.25. The number of nitrogens with zero attached hydrogens (tertiary/aromatic N) is 1. The Morgan fingerprint density at radius 3 is 2.94 bits per heavy atom. The van der Waals surface area contributed by atoms with E-state index in [-0.39, 0.29) is 6.23 Å². The van der Waals surface area contributed by atoms with E-state index < -0.39 is 12.0 Å². The Hall–Kier alpha value is -1.66. The summed E-state index contributed by atoms with van der Waals surface area (Å²) in [5.74, 6) is -0.144. The number of nitrogens with one attached hydrogen (secondary N) is 2. The van der Waals surface area contributed by atoms with E-state index >= 15 is 0 Å². The van der Waals surface area contributed by atoms with Gasteiger partial charge in [0.05, 0.1) is 5.69 Å². The number of carbonyl (C=O) groups is 1. The zero-order chi connectivity index (χ0) is 12.3. The SMILES string of the molecule is Cc1ncccc1OC1CNC(C(=O)O)CN1. The van der Waals surface area contributed by atoms with Crippen molar-refractivity contribution < 1.29 is 14.6 Å². The van der Waals surface area contributed by atoms with Gasteiger partial charge < -0.3 is 9.84 Å². The molecule has 1 saturated heterocycles. The number of aryl methyl sites for hydroxylation is 1. The van der Waals surface area contributed by atoms with E-state index in [0.29, 0.717) is 18.8 Å². The third-order valence-electron chi connectivity index (χ3n) is 2.63. The van der Waals surface area contributed by atoms with Crippen LogP contribution < -0.4 is 15.4 Å². The molecule has 1 aliphatic rings. The van der Waals surface area contributed by atoms with Gasteiger partial charge in [-0.3, -0.25) is 20.4 Å². The van der Waals surface area contributed by atoms with Gasteiger partial charge in [-0.15, -0.1) is 0 Å². The molecule has 2 heterocycles. The molecule has 3 N–H and O–H groups in total. The summed E-state index contributed by atoms with van der Waals surface area (Å²) < 4.78 is 5.69. The quantitative estimate of drug-likeness (QED) is 0.672. The highest BCUT2D eigenvalue weighted by atomic mass is 16.5. The predicted octanol–water partition coefficient (Wildman–Crippen LogP) is -0.259. The molecule has 1 fully saturated rings. The van der Waals surface area contributed by atoms with Crippen molar-refractivity contribution in [2.24, 2.45) is 0 Å². The number of rotatable bonds is 3. The van der Waals surface area contributed by atoms with Crippen LogP contribution in [0, 0.1) is 6.92 Å². The second kappa shape index (κ2) is 5.11. The summed E-state index contributed by atoms with van der Waals surface area (Å²) in [4.78, 5) is 14.8. The largest absolute Gasteiger partial charge is 0.480 e. The Kier molecular flexibility index (Phi) is 3.55. The number of hydrogen-bond donors (Lipinski definition) is 3. The lowest BCUT2D eigenvalue weighted by molar-refractivity contribution is -0.140. The molecule has 0 radical (unpaired) electrons. The van der Waals surface area contributed by atoms with Crippen LogP contribution in [0.2, 0.25) is 0 Å².